The standard InChI is InChI=1S/C13H14F3N3/c1-19-11-5-4-8(13(14,15)16)7-10(11)18-12(19)9-3-2-6-17-9/h4-5,7,9,17H,2-3,6H2,1H3. The Bertz CT molecular complexity index is 609. The average molecular weight is 269 g/mol. The fourth-order valence-corrected chi connectivity index (χ4v) is 2.61. The quantitative estimate of drug-likeness (QED) is 0.862. The fraction of sp³-hybridized carbons (Fsp3) is 0.462. The summed E-state index contributed by atoms with van der Waals surface area (Å²) in [5.41, 5.74) is 0.488. The van der Waals surface area contributed by atoms with Gasteiger partial charge in [-0.25, -0.2) is 4.98 Å². The van der Waals surface area contributed by atoms with Gasteiger partial charge in [0.2, 0.25) is 0 Å². The molecule has 1 aromatic carbocycles. The normalized spacial score (nSPS) is 20.3. The summed E-state index contributed by atoms with van der Waals surface area (Å²) in [5.74, 6) is 0.812. The maximum Gasteiger partial charge on any atom is 0.416 e. The predicted octanol–water partition coefficient (Wildman–Crippen LogP) is 3.02. The number of benzene rings is 1. The molecule has 1 aliphatic rings. The second-order valence-electron chi connectivity index (χ2n) is 4.88. The van der Waals surface area contributed by atoms with Crippen LogP contribution in [0.4, 0.5) is 13.2 Å². The number of nitrogens with one attached hydrogen (secondary N) is 1. The molecule has 2 aromatic rings. The molecule has 0 amide bonds. The van der Waals surface area contributed by atoms with Gasteiger partial charge in [0.15, 0.2) is 0 Å². The number of hydrogen-bond donors (Lipinski definition) is 1. The molecule has 0 bridgehead atoms. The first-order chi connectivity index (χ1) is 8.97. The molecule has 1 saturated heterocycles. The summed E-state index contributed by atoms with van der Waals surface area (Å²) >= 11 is 0. The van der Waals surface area contributed by atoms with Crippen molar-refractivity contribution < 1.29 is 13.2 Å². The third kappa shape index (κ3) is 2.10. The summed E-state index contributed by atoms with van der Waals surface area (Å²) in [6.07, 6.45) is -2.28. The van der Waals surface area contributed by atoms with E-state index in [0.29, 0.717) is 5.52 Å². The van der Waals surface area contributed by atoms with E-state index < -0.39 is 11.7 Å². The van der Waals surface area contributed by atoms with Crippen molar-refractivity contribution in [3.8, 4) is 0 Å². The number of aromatic nitrogens is 2. The number of hydrogen-bond acceptors (Lipinski definition) is 2. The molecule has 3 nitrogen and oxygen atoms in total. The third-order valence-corrected chi connectivity index (χ3v) is 3.61. The molecule has 1 unspecified atom stereocenters. The van der Waals surface area contributed by atoms with Crippen molar-refractivity contribution in [3.63, 3.8) is 0 Å². The van der Waals surface area contributed by atoms with Gasteiger partial charge >= 0.3 is 6.18 Å². The molecule has 1 aromatic heterocycles. The van der Waals surface area contributed by atoms with Crippen LogP contribution in [0.1, 0.15) is 30.3 Å². The van der Waals surface area contributed by atoms with Crippen molar-refractivity contribution in [2.75, 3.05) is 6.54 Å². The SMILES string of the molecule is Cn1c(C2CCCN2)nc2cc(C(F)(F)F)ccc21. The van der Waals surface area contributed by atoms with Crippen LogP contribution in [0.3, 0.4) is 0 Å². The Balaban J connectivity index is 2.09. The van der Waals surface area contributed by atoms with Crippen LogP contribution in [0.5, 0.6) is 0 Å². The molecule has 3 rings (SSSR count). The largest absolute Gasteiger partial charge is 0.416 e. The second kappa shape index (κ2) is 4.23. The van der Waals surface area contributed by atoms with Crippen LogP contribution in [-0.2, 0) is 13.2 Å². The van der Waals surface area contributed by atoms with Crippen molar-refractivity contribution in [3.05, 3.63) is 29.6 Å². The van der Waals surface area contributed by atoms with Gasteiger partial charge in [-0.3, -0.25) is 0 Å². The lowest BCUT2D eigenvalue weighted by atomic mass is 10.2. The zero-order chi connectivity index (χ0) is 13.6. The Morgan fingerprint density at radius 3 is 2.79 bits per heavy atom. The summed E-state index contributed by atoms with van der Waals surface area (Å²) < 4.78 is 39.9. The zero-order valence-electron chi connectivity index (χ0n) is 10.5. The molecule has 0 spiro atoms. The van der Waals surface area contributed by atoms with Crippen LogP contribution >= 0.6 is 0 Å². The van der Waals surface area contributed by atoms with E-state index in [-0.39, 0.29) is 6.04 Å². The third-order valence-electron chi connectivity index (χ3n) is 3.61. The minimum absolute atomic E-state index is 0.145. The lowest BCUT2D eigenvalue weighted by Crippen LogP contribution is -2.16. The van der Waals surface area contributed by atoms with Crippen molar-refractivity contribution >= 4 is 11.0 Å². The van der Waals surface area contributed by atoms with Gasteiger partial charge in [-0.15, -0.1) is 0 Å². The number of alkyl halides is 3. The Kier molecular flexibility index (Phi) is 2.78. The highest BCUT2D eigenvalue weighted by molar-refractivity contribution is 5.77. The van der Waals surface area contributed by atoms with Crippen molar-refractivity contribution in [1.29, 1.82) is 0 Å². The number of halogens is 3. The summed E-state index contributed by atoms with van der Waals surface area (Å²) in [4.78, 5) is 4.37. The first-order valence-electron chi connectivity index (χ1n) is 6.24. The topological polar surface area (TPSA) is 29.9 Å². The summed E-state index contributed by atoms with van der Waals surface area (Å²) in [5, 5.41) is 3.31. The van der Waals surface area contributed by atoms with Crippen LogP contribution in [-0.4, -0.2) is 16.1 Å². The molecular formula is C13H14F3N3. The van der Waals surface area contributed by atoms with E-state index in [1.165, 1.54) is 6.07 Å². The van der Waals surface area contributed by atoms with Crippen LogP contribution in [0.25, 0.3) is 11.0 Å². The van der Waals surface area contributed by atoms with Gasteiger partial charge in [0.25, 0.3) is 0 Å². The molecule has 0 radical (unpaired) electrons. The van der Waals surface area contributed by atoms with Gasteiger partial charge in [-0.05, 0) is 37.6 Å². The van der Waals surface area contributed by atoms with Gasteiger partial charge in [0.05, 0.1) is 22.6 Å². The second-order valence-corrected chi connectivity index (χ2v) is 4.88. The predicted molar refractivity (Wildman–Crippen MR) is 65.7 cm³/mol. The molecule has 102 valence electrons. The molecule has 1 aliphatic heterocycles. The maximum absolute atomic E-state index is 12.7. The van der Waals surface area contributed by atoms with Crippen molar-refractivity contribution in [2.45, 2.75) is 25.1 Å². The van der Waals surface area contributed by atoms with Crippen molar-refractivity contribution in [2.24, 2.45) is 7.05 Å². The van der Waals surface area contributed by atoms with E-state index in [9.17, 15) is 13.2 Å². The Morgan fingerprint density at radius 1 is 1.37 bits per heavy atom. The molecule has 1 N–H and O–H groups in total. The maximum atomic E-state index is 12.7. The summed E-state index contributed by atoms with van der Waals surface area (Å²) in [6, 6.07) is 3.86. The lowest BCUT2D eigenvalue weighted by Gasteiger charge is -2.09. The van der Waals surface area contributed by atoms with Crippen LogP contribution in [0.2, 0.25) is 0 Å². The summed E-state index contributed by atoms with van der Waals surface area (Å²) in [6.45, 7) is 0.932. The molecular weight excluding hydrogens is 255 g/mol. The van der Waals surface area contributed by atoms with Crippen LogP contribution in [0.15, 0.2) is 18.2 Å². The zero-order valence-corrected chi connectivity index (χ0v) is 10.5. The van der Waals surface area contributed by atoms with E-state index in [4.69, 9.17) is 0 Å². The van der Waals surface area contributed by atoms with Crippen molar-refractivity contribution in [1.82, 2.24) is 14.9 Å². The fourth-order valence-electron chi connectivity index (χ4n) is 2.61. The average Bonchev–Trinajstić information content (AvgIpc) is 2.96. The van der Waals surface area contributed by atoms with Crippen LogP contribution < -0.4 is 5.32 Å². The Morgan fingerprint density at radius 2 is 2.16 bits per heavy atom. The number of fused-ring (bicyclic) bond motifs is 1. The van der Waals surface area contributed by atoms with E-state index >= 15 is 0 Å². The molecule has 6 heteroatoms. The smallest absolute Gasteiger partial charge is 0.330 e. The molecule has 0 saturated carbocycles. The van der Waals surface area contributed by atoms with Gasteiger partial charge in [0.1, 0.15) is 5.82 Å². The van der Waals surface area contributed by atoms with Gasteiger partial charge < -0.3 is 9.88 Å². The van der Waals surface area contributed by atoms with E-state index in [2.05, 4.69) is 10.3 Å². The molecule has 1 fully saturated rings. The number of nitrogens with zero attached hydrogens (tertiary/aromatic N) is 2. The summed E-state index contributed by atoms with van der Waals surface area (Å²) in [7, 11) is 1.85. The first-order valence-corrected chi connectivity index (χ1v) is 6.24. The monoisotopic (exact) mass is 269 g/mol. The minimum atomic E-state index is -4.32. The number of imidazole rings is 1. The molecule has 19 heavy (non-hydrogen) atoms. The van der Waals surface area contributed by atoms with E-state index in [0.717, 1.165) is 42.9 Å². The highest BCUT2D eigenvalue weighted by Crippen LogP contribution is 2.32. The molecule has 2 heterocycles. The van der Waals surface area contributed by atoms with E-state index in [1.807, 2.05) is 11.6 Å². The Hall–Kier alpha value is -1.56. The highest BCUT2D eigenvalue weighted by atomic mass is 19.4. The van der Waals surface area contributed by atoms with Gasteiger partial charge in [-0.2, -0.15) is 13.2 Å². The number of aryl methyl sites for hydroxylation is 1. The van der Waals surface area contributed by atoms with E-state index in [1.54, 1.807) is 0 Å². The lowest BCUT2D eigenvalue weighted by molar-refractivity contribution is -0.137. The van der Waals surface area contributed by atoms with Gasteiger partial charge in [-0.1, -0.05) is 0 Å². The Labute approximate surface area is 108 Å². The molecule has 0 aliphatic carbocycles. The minimum Gasteiger partial charge on any atom is -0.330 e. The first kappa shape index (κ1) is 12.5. The number of rotatable bonds is 1. The van der Waals surface area contributed by atoms with Crippen LogP contribution in [0, 0.1) is 0 Å². The van der Waals surface area contributed by atoms with Gasteiger partial charge in [0, 0.05) is 7.05 Å². The highest BCUT2D eigenvalue weighted by Gasteiger charge is 2.31. The molecule has 1 atom stereocenters.